The van der Waals surface area contributed by atoms with Gasteiger partial charge in [-0.1, -0.05) is 6.92 Å². The van der Waals surface area contributed by atoms with Crippen LogP contribution in [-0.2, 0) is 13.0 Å². The van der Waals surface area contributed by atoms with Crippen molar-refractivity contribution < 1.29 is 10.2 Å². The van der Waals surface area contributed by atoms with Gasteiger partial charge in [0, 0.05) is 25.4 Å². The van der Waals surface area contributed by atoms with Crippen molar-refractivity contribution in [2.24, 2.45) is 5.92 Å². The number of pyridine rings is 1. The van der Waals surface area contributed by atoms with Crippen LogP contribution in [0.25, 0.3) is 0 Å². The van der Waals surface area contributed by atoms with Crippen molar-refractivity contribution in [3.63, 3.8) is 0 Å². The van der Waals surface area contributed by atoms with Gasteiger partial charge in [-0.05, 0) is 49.3 Å². The van der Waals surface area contributed by atoms with E-state index in [9.17, 15) is 5.11 Å². The van der Waals surface area contributed by atoms with Gasteiger partial charge in [0.2, 0.25) is 0 Å². The molecule has 2 rings (SSSR count). The van der Waals surface area contributed by atoms with E-state index in [1.165, 1.54) is 6.42 Å². The first-order valence-electron chi connectivity index (χ1n) is 7.23. The van der Waals surface area contributed by atoms with Crippen molar-refractivity contribution in [1.29, 1.82) is 0 Å². The first-order chi connectivity index (χ1) is 9.26. The lowest BCUT2D eigenvalue weighted by Gasteiger charge is -2.33. The van der Waals surface area contributed by atoms with Gasteiger partial charge in [-0.25, -0.2) is 4.98 Å². The molecular formula is C15H24N2O2. The van der Waals surface area contributed by atoms with E-state index in [-0.39, 0.29) is 13.2 Å². The summed E-state index contributed by atoms with van der Waals surface area (Å²) in [6.07, 6.45) is 4.10. The van der Waals surface area contributed by atoms with Crippen molar-refractivity contribution in [2.45, 2.75) is 39.2 Å². The maximum atomic E-state index is 9.34. The standard InChI is InChI=1S/C15H24N2O2/c1-2-14-8-13(11-19)9-15(16-14)17-6-3-4-12(10-17)5-7-18/h8-9,12,18-19H,2-7,10-11H2,1H3. The molecule has 19 heavy (non-hydrogen) atoms. The predicted molar refractivity (Wildman–Crippen MR) is 76.2 cm³/mol. The van der Waals surface area contributed by atoms with Crippen molar-refractivity contribution >= 4 is 5.82 Å². The maximum Gasteiger partial charge on any atom is 0.129 e. The van der Waals surface area contributed by atoms with Crippen LogP contribution in [0.2, 0.25) is 0 Å². The highest BCUT2D eigenvalue weighted by molar-refractivity contribution is 5.43. The minimum atomic E-state index is 0.0659. The van der Waals surface area contributed by atoms with E-state index in [1.54, 1.807) is 0 Å². The van der Waals surface area contributed by atoms with Crippen LogP contribution in [0, 0.1) is 5.92 Å². The molecule has 0 radical (unpaired) electrons. The molecule has 2 N–H and O–H groups in total. The van der Waals surface area contributed by atoms with Crippen LogP contribution in [0.4, 0.5) is 5.82 Å². The molecule has 4 nitrogen and oxygen atoms in total. The quantitative estimate of drug-likeness (QED) is 0.850. The Balaban J connectivity index is 2.15. The van der Waals surface area contributed by atoms with E-state index in [2.05, 4.69) is 16.8 Å². The fourth-order valence-corrected chi connectivity index (χ4v) is 2.76. The van der Waals surface area contributed by atoms with Crippen LogP contribution < -0.4 is 4.90 Å². The molecule has 1 unspecified atom stereocenters. The van der Waals surface area contributed by atoms with Crippen molar-refractivity contribution in [3.8, 4) is 0 Å². The molecule has 2 heterocycles. The molecule has 106 valence electrons. The number of rotatable bonds is 5. The lowest BCUT2D eigenvalue weighted by Crippen LogP contribution is -2.36. The first-order valence-corrected chi connectivity index (χ1v) is 7.23. The van der Waals surface area contributed by atoms with Gasteiger partial charge in [0.15, 0.2) is 0 Å². The summed E-state index contributed by atoms with van der Waals surface area (Å²) in [4.78, 5) is 6.96. The lowest BCUT2D eigenvalue weighted by atomic mass is 9.95. The fourth-order valence-electron chi connectivity index (χ4n) is 2.76. The first kappa shape index (κ1) is 14.3. The Morgan fingerprint density at radius 1 is 1.37 bits per heavy atom. The smallest absolute Gasteiger partial charge is 0.129 e. The predicted octanol–water partition coefficient (Wildman–Crippen LogP) is 1.74. The zero-order valence-corrected chi connectivity index (χ0v) is 11.7. The van der Waals surface area contributed by atoms with Gasteiger partial charge in [0.05, 0.1) is 6.61 Å². The lowest BCUT2D eigenvalue weighted by molar-refractivity contribution is 0.244. The van der Waals surface area contributed by atoms with Crippen LogP contribution in [0.1, 0.15) is 37.4 Å². The zero-order chi connectivity index (χ0) is 13.7. The topological polar surface area (TPSA) is 56.6 Å². The van der Waals surface area contributed by atoms with Crippen molar-refractivity contribution in [2.75, 3.05) is 24.6 Å². The number of aliphatic hydroxyl groups excluding tert-OH is 2. The molecule has 0 bridgehead atoms. The minimum absolute atomic E-state index is 0.0659. The third kappa shape index (κ3) is 3.67. The van der Waals surface area contributed by atoms with Crippen LogP contribution >= 0.6 is 0 Å². The molecule has 1 aromatic heterocycles. The van der Waals surface area contributed by atoms with Gasteiger partial charge < -0.3 is 15.1 Å². The van der Waals surface area contributed by atoms with E-state index < -0.39 is 0 Å². The summed E-state index contributed by atoms with van der Waals surface area (Å²) in [5, 5.41) is 18.4. The Labute approximate surface area is 115 Å². The second-order valence-electron chi connectivity index (χ2n) is 5.30. The number of aromatic nitrogens is 1. The summed E-state index contributed by atoms with van der Waals surface area (Å²) in [5.74, 6) is 1.54. The molecule has 0 saturated carbocycles. The molecule has 1 aliphatic rings. The molecule has 0 aliphatic carbocycles. The van der Waals surface area contributed by atoms with Crippen molar-refractivity contribution in [1.82, 2.24) is 4.98 Å². The zero-order valence-electron chi connectivity index (χ0n) is 11.7. The van der Waals surface area contributed by atoms with Gasteiger partial charge >= 0.3 is 0 Å². The highest BCUT2D eigenvalue weighted by atomic mass is 16.3. The summed E-state index contributed by atoms with van der Waals surface area (Å²) >= 11 is 0. The van der Waals surface area contributed by atoms with E-state index in [0.29, 0.717) is 5.92 Å². The second kappa shape index (κ2) is 6.87. The second-order valence-corrected chi connectivity index (χ2v) is 5.30. The Bertz CT molecular complexity index is 385. The third-order valence-electron chi connectivity index (χ3n) is 3.85. The number of aliphatic hydroxyl groups is 2. The van der Waals surface area contributed by atoms with E-state index in [4.69, 9.17) is 5.11 Å². The molecule has 1 aliphatic heterocycles. The van der Waals surface area contributed by atoms with Gasteiger partial charge in [0.25, 0.3) is 0 Å². The summed E-state index contributed by atoms with van der Waals surface area (Å²) in [7, 11) is 0. The highest BCUT2D eigenvalue weighted by Crippen LogP contribution is 2.24. The Morgan fingerprint density at radius 2 is 2.21 bits per heavy atom. The molecule has 0 spiro atoms. The van der Waals surface area contributed by atoms with Crippen LogP contribution in [0.15, 0.2) is 12.1 Å². The average molecular weight is 264 g/mol. The molecule has 1 saturated heterocycles. The largest absolute Gasteiger partial charge is 0.396 e. The van der Waals surface area contributed by atoms with Gasteiger partial charge in [-0.15, -0.1) is 0 Å². The van der Waals surface area contributed by atoms with Crippen molar-refractivity contribution in [3.05, 3.63) is 23.4 Å². The summed E-state index contributed by atoms with van der Waals surface area (Å²) in [6, 6.07) is 3.96. The average Bonchev–Trinajstić information content (AvgIpc) is 2.47. The number of aryl methyl sites for hydroxylation is 1. The Morgan fingerprint density at radius 3 is 2.89 bits per heavy atom. The summed E-state index contributed by atoms with van der Waals surface area (Å²) in [6.45, 7) is 4.40. The van der Waals surface area contributed by atoms with Crippen LogP contribution in [0.3, 0.4) is 0 Å². The molecule has 4 heteroatoms. The maximum absolute atomic E-state index is 9.34. The third-order valence-corrected chi connectivity index (χ3v) is 3.85. The molecule has 1 aromatic rings. The van der Waals surface area contributed by atoms with Crippen LogP contribution in [-0.4, -0.2) is 34.9 Å². The van der Waals surface area contributed by atoms with Gasteiger partial charge in [-0.3, -0.25) is 0 Å². The number of hydrogen-bond acceptors (Lipinski definition) is 4. The number of nitrogens with zero attached hydrogens (tertiary/aromatic N) is 2. The molecule has 1 fully saturated rings. The summed E-state index contributed by atoms with van der Waals surface area (Å²) < 4.78 is 0. The molecule has 0 amide bonds. The van der Waals surface area contributed by atoms with Gasteiger partial charge in [0.1, 0.15) is 5.82 Å². The molecule has 1 atom stereocenters. The van der Waals surface area contributed by atoms with Gasteiger partial charge in [-0.2, -0.15) is 0 Å². The van der Waals surface area contributed by atoms with E-state index in [1.807, 2.05) is 12.1 Å². The molecule has 0 aromatic carbocycles. The SMILES string of the molecule is CCc1cc(CO)cc(N2CCCC(CCO)C2)n1. The van der Waals surface area contributed by atoms with E-state index >= 15 is 0 Å². The Kier molecular flexibility index (Phi) is 5.16. The normalized spacial score (nSPS) is 19.7. The monoisotopic (exact) mass is 264 g/mol. The summed E-state index contributed by atoms with van der Waals surface area (Å²) in [5.41, 5.74) is 1.97. The number of piperidine rings is 1. The highest BCUT2D eigenvalue weighted by Gasteiger charge is 2.21. The fraction of sp³-hybridized carbons (Fsp3) is 0.667. The number of hydrogen-bond donors (Lipinski definition) is 2. The molecular weight excluding hydrogens is 240 g/mol. The van der Waals surface area contributed by atoms with E-state index in [0.717, 1.165) is 49.4 Å². The Hall–Kier alpha value is -1.13. The minimum Gasteiger partial charge on any atom is -0.396 e. The number of anilines is 1. The van der Waals surface area contributed by atoms with Crippen LogP contribution in [0.5, 0.6) is 0 Å².